The van der Waals surface area contributed by atoms with Crippen molar-refractivity contribution in [3.8, 4) is 0 Å². The van der Waals surface area contributed by atoms with Crippen LogP contribution in [0.4, 0.5) is 30.7 Å². The van der Waals surface area contributed by atoms with Gasteiger partial charge in [-0.2, -0.15) is 13.2 Å². The molecule has 1 fully saturated rings. The largest absolute Gasteiger partial charge is 0.422 e. The van der Waals surface area contributed by atoms with Crippen molar-refractivity contribution < 1.29 is 40.2 Å². The molecule has 1 saturated heterocycles. The van der Waals surface area contributed by atoms with Gasteiger partial charge in [0.25, 0.3) is 0 Å². The zero-order valence-electron chi connectivity index (χ0n) is 15.0. The van der Waals surface area contributed by atoms with Gasteiger partial charge in [-0.15, -0.1) is 0 Å². The molecule has 0 N–H and O–H groups in total. The van der Waals surface area contributed by atoms with Gasteiger partial charge in [0.1, 0.15) is 23.0 Å². The van der Waals surface area contributed by atoms with Gasteiger partial charge in [-0.3, -0.25) is 0 Å². The van der Waals surface area contributed by atoms with Crippen LogP contribution in [0.3, 0.4) is 0 Å². The Morgan fingerprint density at radius 1 is 0.897 bits per heavy atom. The van der Waals surface area contributed by atoms with Gasteiger partial charge in [0, 0.05) is 17.0 Å². The van der Waals surface area contributed by atoms with Crippen LogP contribution in [0.5, 0.6) is 0 Å². The lowest BCUT2D eigenvalue weighted by Gasteiger charge is -2.30. The Balaban J connectivity index is 1.70. The predicted molar refractivity (Wildman–Crippen MR) is 90.0 cm³/mol. The van der Waals surface area contributed by atoms with Crippen LogP contribution in [0, 0.1) is 11.6 Å². The molecule has 2 aromatic carbocycles. The van der Waals surface area contributed by atoms with E-state index in [2.05, 4.69) is 0 Å². The highest BCUT2D eigenvalue weighted by atomic mass is 19.4. The number of hydrogen-bond acceptors (Lipinski definition) is 2. The van der Waals surface area contributed by atoms with E-state index in [1.165, 1.54) is 12.1 Å². The third-order valence-corrected chi connectivity index (χ3v) is 4.46. The smallest absolute Gasteiger partial charge is 0.348 e. The summed E-state index contributed by atoms with van der Waals surface area (Å²) in [4.78, 5) is 0. The number of benzene rings is 2. The van der Waals surface area contributed by atoms with Crippen molar-refractivity contribution in [2.75, 3.05) is 13.2 Å². The molecule has 2 aromatic rings. The Morgan fingerprint density at radius 3 is 1.86 bits per heavy atom. The van der Waals surface area contributed by atoms with Gasteiger partial charge in [0.05, 0.1) is 13.2 Å². The summed E-state index contributed by atoms with van der Waals surface area (Å²) >= 11 is 0. The van der Waals surface area contributed by atoms with Crippen molar-refractivity contribution in [3.63, 3.8) is 0 Å². The van der Waals surface area contributed by atoms with E-state index in [-0.39, 0.29) is 30.3 Å². The van der Waals surface area contributed by atoms with Gasteiger partial charge in [-0.05, 0) is 24.6 Å². The minimum absolute atomic E-state index is 0.0503. The molecule has 0 amide bonds. The second kappa shape index (κ2) is 8.16. The van der Waals surface area contributed by atoms with E-state index in [1.54, 1.807) is 12.1 Å². The van der Waals surface area contributed by atoms with E-state index < -0.39 is 41.3 Å². The van der Waals surface area contributed by atoms with E-state index in [0.29, 0.717) is 17.7 Å². The van der Waals surface area contributed by atoms with Crippen LogP contribution in [0.25, 0.3) is 5.83 Å². The fourth-order valence-corrected chi connectivity index (χ4v) is 2.99. The van der Waals surface area contributed by atoms with E-state index in [9.17, 15) is 30.7 Å². The quantitative estimate of drug-likeness (QED) is 0.532. The van der Waals surface area contributed by atoms with E-state index in [0.717, 1.165) is 6.92 Å². The van der Waals surface area contributed by atoms with Crippen molar-refractivity contribution in [2.45, 2.75) is 25.3 Å². The normalized spacial score (nSPS) is 21.1. The van der Waals surface area contributed by atoms with Gasteiger partial charge in [0.15, 0.2) is 12.1 Å². The van der Waals surface area contributed by atoms with Crippen molar-refractivity contribution in [3.05, 3.63) is 76.1 Å². The highest BCUT2D eigenvalue weighted by Gasteiger charge is 2.38. The van der Waals surface area contributed by atoms with Crippen LogP contribution in [0.2, 0.25) is 0 Å². The lowest BCUT2D eigenvalue weighted by atomic mass is 9.98. The van der Waals surface area contributed by atoms with E-state index >= 15 is 0 Å². The topological polar surface area (TPSA) is 18.5 Å². The minimum atomic E-state index is -5.16. The Bertz CT molecular complexity index is 884. The van der Waals surface area contributed by atoms with Gasteiger partial charge >= 0.3 is 6.18 Å². The lowest BCUT2D eigenvalue weighted by Crippen LogP contribution is -2.26. The summed E-state index contributed by atoms with van der Waals surface area (Å²) in [5.74, 6) is -5.73. The first-order valence-electron chi connectivity index (χ1n) is 8.49. The van der Waals surface area contributed by atoms with Crippen molar-refractivity contribution in [1.29, 1.82) is 0 Å². The highest BCUT2D eigenvalue weighted by Crippen LogP contribution is 2.37. The molecule has 0 radical (unpaired) electrons. The molecule has 0 aliphatic carbocycles. The molecular weight excluding hydrogens is 405 g/mol. The molecule has 1 aliphatic heterocycles. The molecule has 3 rings (SSSR count). The summed E-state index contributed by atoms with van der Waals surface area (Å²) < 4.78 is 103. The van der Waals surface area contributed by atoms with Crippen molar-refractivity contribution in [1.82, 2.24) is 0 Å². The Labute approximate surface area is 161 Å². The van der Waals surface area contributed by atoms with E-state index in [4.69, 9.17) is 9.47 Å². The minimum Gasteiger partial charge on any atom is -0.348 e. The monoisotopic (exact) mass is 420 g/mol. The van der Waals surface area contributed by atoms with Gasteiger partial charge in [-0.1, -0.05) is 24.3 Å². The number of halogens is 7. The Hall–Kier alpha value is -2.39. The number of hydrogen-bond donors (Lipinski definition) is 0. The molecule has 29 heavy (non-hydrogen) atoms. The maximum absolute atomic E-state index is 13.7. The molecular formula is C20H15F7O2. The first-order valence-corrected chi connectivity index (χ1v) is 8.49. The number of ether oxygens (including phenoxy) is 2. The number of alkyl halides is 3. The molecule has 0 unspecified atom stereocenters. The molecule has 0 aromatic heterocycles. The molecule has 0 spiro atoms. The summed E-state index contributed by atoms with van der Waals surface area (Å²) in [5, 5.41) is 0. The average molecular weight is 420 g/mol. The van der Waals surface area contributed by atoms with Crippen molar-refractivity contribution in [2.24, 2.45) is 0 Å². The summed E-state index contributed by atoms with van der Waals surface area (Å²) in [6.07, 6.45) is -6.39. The van der Waals surface area contributed by atoms with Gasteiger partial charge in [0.2, 0.25) is 0 Å². The maximum atomic E-state index is 13.7. The molecule has 156 valence electrons. The molecule has 2 nitrogen and oxygen atoms in total. The summed E-state index contributed by atoms with van der Waals surface area (Å²) in [6.45, 7) is 1.10. The molecule has 1 aliphatic rings. The Kier molecular flexibility index (Phi) is 6.00. The maximum Gasteiger partial charge on any atom is 0.422 e. The predicted octanol–water partition coefficient (Wildman–Crippen LogP) is 6.44. The standard InChI is InChI=1S/C20H15F7O2/c1-10(21)18(24)12-4-2-11(3-5-12)14-8-28-19(29-9-14)13-6-15(22)17(16(23)7-13)20(25,26)27/h2-7,14,19H,8-9H2,1H3. The van der Waals surface area contributed by atoms with Crippen LogP contribution in [0.15, 0.2) is 42.2 Å². The third-order valence-electron chi connectivity index (χ3n) is 4.46. The Morgan fingerprint density at radius 2 is 1.41 bits per heavy atom. The first kappa shape index (κ1) is 21.3. The molecule has 0 bridgehead atoms. The fourth-order valence-electron chi connectivity index (χ4n) is 2.99. The molecule has 9 heteroatoms. The lowest BCUT2D eigenvalue weighted by molar-refractivity contribution is -0.192. The number of rotatable bonds is 3. The summed E-state index contributed by atoms with van der Waals surface area (Å²) in [7, 11) is 0. The summed E-state index contributed by atoms with van der Waals surface area (Å²) in [5.41, 5.74) is -1.42. The van der Waals surface area contributed by atoms with Gasteiger partial charge in [-0.25, -0.2) is 17.6 Å². The third kappa shape index (κ3) is 4.62. The molecule has 0 saturated carbocycles. The molecule has 0 atom stereocenters. The van der Waals surface area contributed by atoms with Crippen LogP contribution in [-0.4, -0.2) is 13.2 Å². The zero-order chi connectivity index (χ0) is 21.3. The van der Waals surface area contributed by atoms with Crippen LogP contribution in [-0.2, 0) is 15.7 Å². The number of allylic oxidation sites excluding steroid dienone is 1. The van der Waals surface area contributed by atoms with Crippen LogP contribution < -0.4 is 0 Å². The SMILES string of the molecule is CC(F)=C(F)c1ccc(C2COC(c3cc(F)c(C(F)(F)F)c(F)c3)OC2)cc1. The first-order chi connectivity index (χ1) is 13.6. The van der Waals surface area contributed by atoms with E-state index in [1.807, 2.05) is 0 Å². The average Bonchev–Trinajstić information content (AvgIpc) is 2.66. The highest BCUT2D eigenvalue weighted by molar-refractivity contribution is 5.60. The zero-order valence-corrected chi connectivity index (χ0v) is 15.0. The molecule has 1 heterocycles. The fraction of sp³-hybridized carbons (Fsp3) is 0.300. The van der Waals surface area contributed by atoms with Crippen LogP contribution >= 0.6 is 0 Å². The second-order valence-corrected chi connectivity index (χ2v) is 6.52. The van der Waals surface area contributed by atoms with Gasteiger partial charge < -0.3 is 9.47 Å². The second-order valence-electron chi connectivity index (χ2n) is 6.52. The van der Waals surface area contributed by atoms with Crippen molar-refractivity contribution >= 4 is 5.83 Å². The van der Waals surface area contributed by atoms with Crippen LogP contribution in [0.1, 0.15) is 41.4 Å². The summed E-state index contributed by atoms with van der Waals surface area (Å²) in [6, 6.07) is 6.96.